The smallest absolute Gasteiger partial charge is 0.379 e. The van der Waals surface area contributed by atoms with Crippen molar-refractivity contribution in [2.24, 2.45) is 7.05 Å². The van der Waals surface area contributed by atoms with Gasteiger partial charge >= 0.3 is 12.2 Å². The Hall–Kier alpha value is -4.03. The van der Waals surface area contributed by atoms with E-state index in [1.807, 2.05) is 7.05 Å². The number of nitrogens with one attached hydrogen (secondary N) is 2. The standard InChI is InChI=1S/C26H24F4N6O2/c1-35-24-20(14-32-35)19(13-31-23(24)15-36-7-9-38-10-8-36)16-5-6-22(21(27)11-16)34-25(37)33-18-4-2-3-17(12-18)26(28,29)30/h2-6,11-14H,7-10,15H2,1H3,(H2,33,34,37). The summed E-state index contributed by atoms with van der Waals surface area (Å²) >= 11 is 0. The van der Waals surface area contributed by atoms with Crippen LogP contribution < -0.4 is 10.6 Å². The van der Waals surface area contributed by atoms with Crippen molar-refractivity contribution in [1.82, 2.24) is 19.7 Å². The number of alkyl halides is 3. The number of urea groups is 1. The number of benzene rings is 2. The van der Waals surface area contributed by atoms with Crippen LogP contribution in [0.3, 0.4) is 0 Å². The molecule has 1 aliphatic heterocycles. The molecule has 12 heteroatoms. The highest BCUT2D eigenvalue weighted by Crippen LogP contribution is 2.33. The van der Waals surface area contributed by atoms with E-state index in [1.165, 1.54) is 24.3 Å². The van der Waals surface area contributed by atoms with Gasteiger partial charge in [0.05, 0.1) is 41.9 Å². The largest absolute Gasteiger partial charge is 0.416 e. The second-order valence-corrected chi connectivity index (χ2v) is 8.89. The predicted molar refractivity (Wildman–Crippen MR) is 134 cm³/mol. The van der Waals surface area contributed by atoms with E-state index < -0.39 is 23.6 Å². The third kappa shape index (κ3) is 5.46. The molecule has 198 valence electrons. The Labute approximate surface area is 215 Å². The maximum Gasteiger partial charge on any atom is 0.416 e. The van der Waals surface area contributed by atoms with Crippen LogP contribution >= 0.6 is 0 Å². The molecular formula is C26H24F4N6O2. The number of morpholine rings is 1. The number of aromatic nitrogens is 3. The molecule has 3 heterocycles. The van der Waals surface area contributed by atoms with Gasteiger partial charge in [0.25, 0.3) is 0 Å². The summed E-state index contributed by atoms with van der Waals surface area (Å²) in [5, 5.41) is 9.82. The lowest BCUT2D eigenvalue weighted by Crippen LogP contribution is -2.36. The second kappa shape index (κ2) is 10.4. The van der Waals surface area contributed by atoms with E-state index in [4.69, 9.17) is 4.74 Å². The summed E-state index contributed by atoms with van der Waals surface area (Å²) in [5.74, 6) is -0.712. The van der Waals surface area contributed by atoms with E-state index in [9.17, 15) is 22.4 Å². The molecule has 2 aromatic heterocycles. The van der Waals surface area contributed by atoms with E-state index in [-0.39, 0.29) is 11.4 Å². The molecule has 0 aliphatic carbocycles. The summed E-state index contributed by atoms with van der Waals surface area (Å²) in [6, 6.07) is 7.59. The minimum absolute atomic E-state index is 0.0726. The van der Waals surface area contributed by atoms with Crippen molar-refractivity contribution in [2.75, 3.05) is 36.9 Å². The van der Waals surface area contributed by atoms with Crippen molar-refractivity contribution in [3.8, 4) is 11.1 Å². The lowest BCUT2D eigenvalue weighted by atomic mass is 10.0. The van der Waals surface area contributed by atoms with Gasteiger partial charge in [-0.3, -0.25) is 14.6 Å². The van der Waals surface area contributed by atoms with Crippen LogP contribution in [0.4, 0.5) is 33.7 Å². The summed E-state index contributed by atoms with van der Waals surface area (Å²) in [6.45, 7) is 3.60. The molecule has 0 saturated carbocycles. The monoisotopic (exact) mass is 528 g/mol. The Morgan fingerprint density at radius 3 is 2.61 bits per heavy atom. The number of amides is 2. The zero-order valence-electron chi connectivity index (χ0n) is 20.3. The number of aryl methyl sites for hydroxylation is 1. The Bertz CT molecular complexity index is 1480. The highest BCUT2D eigenvalue weighted by atomic mass is 19.4. The van der Waals surface area contributed by atoms with Crippen LogP contribution in [0.1, 0.15) is 11.3 Å². The van der Waals surface area contributed by atoms with Crippen LogP contribution in [0.2, 0.25) is 0 Å². The minimum Gasteiger partial charge on any atom is -0.379 e. The molecule has 8 nitrogen and oxygen atoms in total. The molecule has 2 amide bonds. The number of carbonyl (C=O) groups excluding carboxylic acids is 1. The van der Waals surface area contributed by atoms with Gasteiger partial charge in [-0.1, -0.05) is 12.1 Å². The van der Waals surface area contributed by atoms with E-state index >= 15 is 0 Å². The van der Waals surface area contributed by atoms with E-state index in [0.29, 0.717) is 30.9 Å². The molecule has 0 spiro atoms. The lowest BCUT2D eigenvalue weighted by Gasteiger charge is -2.26. The number of hydrogen-bond acceptors (Lipinski definition) is 5. The van der Waals surface area contributed by atoms with Crippen LogP contribution in [0.25, 0.3) is 22.0 Å². The summed E-state index contributed by atoms with van der Waals surface area (Å²) < 4.78 is 60.9. The third-order valence-corrected chi connectivity index (χ3v) is 6.30. The van der Waals surface area contributed by atoms with E-state index in [2.05, 4.69) is 25.6 Å². The molecule has 1 saturated heterocycles. The number of nitrogens with zero attached hydrogens (tertiary/aromatic N) is 4. The number of anilines is 2. The average molecular weight is 529 g/mol. The summed E-state index contributed by atoms with van der Waals surface area (Å²) in [6.07, 6.45) is -1.16. The summed E-state index contributed by atoms with van der Waals surface area (Å²) in [4.78, 5) is 19.2. The number of fused-ring (bicyclic) bond motifs is 1. The van der Waals surface area contributed by atoms with Crippen molar-refractivity contribution in [3.63, 3.8) is 0 Å². The fraction of sp³-hybridized carbons (Fsp3) is 0.269. The fourth-order valence-corrected chi connectivity index (χ4v) is 4.41. The first-order valence-electron chi connectivity index (χ1n) is 11.8. The van der Waals surface area contributed by atoms with Crippen molar-refractivity contribution < 1.29 is 27.1 Å². The second-order valence-electron chi connectivity index (χ2n) is 8.89. The van der Waals surface area contributed by atoms with Crippen LogP contribution in [-0.4, -0.2) is 52.0 Å². The molecule has 0 atom stereocenters. The predicted octanol–water partition coefficient (Wildman–Crippen LogP) is 5.27. The quantitative estimate of drug-likeness (QED) is 0.345. The van der Waals surface area contributed by atoms with Gasteiger partial charge in [0, 0.05) is 49.5 Å². The highest BCUT2D eigenvalue weighted by Gasteiger charge is 2.30. The first-order chi connectivity index (χ1) is 18.2. The molecule has 2 aromatic carbocycles. The van der Waals surface area contributed by atoms with Crippen molar-refractivity contribution in [2.45, 2.75) is 12.7 Å². The first kappa shape index (κ1) is 25.6. The molecule has 4 aromatic rings. The van der Waals surface area contributed by atoms with Crippen molar-refractivity contribution in [1.29, 1.82) is 0 Å². The number of rotatable bonds is 5. The molecule has 0 bridgehead atoms. The topological polar surface area (TPSA) is 84.3 Å². The lowest BCUT2D eigenvalue weighted by molar-refractivity contribution is -0.137. The molecular weight excluding hydrogens is 504 g/mol. The van der Waals surface area contributed by atoms with Gasteiger partial charge < -0.3 is 15.4 Å². The van der Waals surface area contributed by atoms with Crippen molar-refractivity contribution >= 4 is 28.3 Å². The van der Waals surface area contributed by atoms with Gasteiger partial charge in [0.15, 0.2) is 0 Å². The van der Waals surface area contributed by atoms with Gasteiger partial charge in [-0.25, -0.2) is 9.18 Å². The maximum atomic E-state index is 15.0. The van der Waals surface area contributed by atoms with Gasteiger partial charge in [-0.2, -0.15) is 18.3 Å². The maximum absolute atomic E-state index is 15.0. The zero-order chi connectivity index (χ0) is 26.9. The molecule has 38 heavy (non-hydrogen) atoms. The van der Waals surface area contributed by atoms with Crippen LogP contribution in [0, 0.1) is 5.82 Å². The Morgan fingerprint density at radius 2 is 1.87 bits per heavy atom. The van der Waals surface area contributed by atoms with Crippen molar-refractivity contribution in [3.05, 3.63) is 71.9 Å². The van der Waals surface area contributed by atoms with Crippen LogP contribution in [0.5, 0.6) is 0 Å². The molecule has 1 fully saturated rings. The number of pyridine rings is 1. The minimum atomic E-state index is -4.55. The Morgan fingerprint density at radius 1 is 1.08 bits per heavy atom. The SMILES string of the molecule is Cn1ncc2c(-c3ccc(NC(=O)Nc4cccc(C(F)(F)F)c4)c(F)c3)cnc(CN3CCOCC3)c21. The highest BCUT2D eigenvalue weighted by molar-refractivity contribution is 6.00. The molecule has 0 radical (unpaired) electrons. The Kier molecular flexibility index (Phi) is 7.00. The number of carbonyl (C=O) groups is 1. The molecule has 2 N–H and O–H groups in total. The van der Waals surface area contributed by atoms with Crippen LogP contribution in [-0.2, 0) is 24.5 Å². The number of halogens is 4. The normalized spacial score (nSPS) is 14.6. The summed E-state index contributed by atoms with van der Waals surface area (Å²) in [5.41, 5.74) is 1.81. The number of ether oxygens (including phenoxy) is 1. The molecule has 5 rings (SSSR count). The van der Waals surface area contributed by atoms with E-state index in [1.54, 1.807) is 23.1 Å². The zero-order valence-corrected chi connectivity index (χ0v) is 20.3. The van der Waals surface area contributed by atoms with Gasteiger partial charge in [0.2, 0.25) is 0 Å². The van der Waals surface area contributed by atoms with Crippen LogP contribution in [0.15, 0.2) is 54.9 Å². The Balaban J connectivity index is 1.35. The van der Waals surface area contributed by atoms with Gasteiger partial charge in [-0.15, -0.1) is 0 Å². The molecule has 1 aliphatic rings. The number of hydrogen-bond donors (Lipinski definition) is 2. The van der Waals surface area contributed by atoms with Gasteiger partial charge in [0.1, 0.15) is 5.82 Å². The first-order valence-corrected chi connectivity index (χ1v) is 11.8. The fourth-order valence-electron chi connectivity index (χ4n) is 4.41. The van der Waals surface area contributed by atoms with E-state index in [0.717, 1.165) is 41.8 Å². The summed E-state index contributed by atoms with van der Waals surface area (Å²) in [7, 11) is 1.83. The average Bonchev–Trinajstić information content (AvgIpc) is 3.28. The third-order valence-electron chi connectivity index (χ3n) is 6.30. The molecule has 0 unspecified atom stereocenters. The van der Waals surface area contributed by atoms with Gasteiger partial charge in [-0.05, 0) is 35.9 Å².